The van der Waals surface area contributed by atoms with Gasteiger partial charge in [0.25, 0.3) is 0 Å². The fraction of sp³-hybridized carbons (Fsp3) is 0.0909. The zero-order valence-electron chi connectivity index (χ0n) is 13.4. The first kappa shape index (κ1) is 14.7. The Morgan fingerprint density at radius 3 is 2.21 bits per heavy atom. The van der Waals surface area contributed by atoms with E-state index in [2.05, 4.69) is 0 Å². The third-order valence-electron chi connectivity index (χ3n) is 4.34. The van der Waals surface area contributed by atoms with Crippen LogP contribution in [0.2, 0.25) is 0 Å². The molecule has 3 aromatic carbocycles. The van der Waals surface area contributed by atoms with Crippen molar-refractivity contribution in [3.05, 3.63) is 95.6 Å². The van der Waals surface area contributed by atoms with Gasteiger partial charge in [-0.25, -0.2) is 0 Å². The minimum absolute atomic E-state index is 0.727. The minimum Gasteiger partial charge on any atom is -0.456 e. The molecular weight excluding hydrogens is 296 g/mol. The Morgan fingerprint density at radius 2 is 1.46 bits per heavy atom. The van der Waals surface area contributed by atoms with Crippen molar-refractivity contribution in [1.29, 1.82) is 0 Å². The van der Waals surface area contributed by atoms with Crippen LogP contribution in [0.5, 0.6) is 0 Å². The molecule has 0 amide bonds. The van der Waals surface area contributed by atoms with Gasteiger partial charge in [0.05, 0.1) is 0 Å². The van der Waals surface area contributed by atoms with Crippen LogP contribution in [-0.2, 0) is 0 Å². The number of aliphatic hydroxyl groups is 1. The smallest absolute Gasteiger partial charge is 0.141 e. The summed E-state index contributed by atoms with van der Waals surface area (Å²) in [7, 11) is 0. The quantitative estimate of drug-likeness (QED) is 0.542. The second kappa shape index (κ2) is 5.99. The highest BCUT2D eigenvalue weighted by Crippen LogP contribution is 2.39. The first-order chi connectivity index (χ1) is 11.7. The summed E-state index contributed by atoms with van der Waals surface area (Å²) in [5.41, 5.74) is 4.61. The lowest BCUT2D eigenvalue weighted by Crippen LogP contribution is -2.00. The average Bonchev–Trinajstić information content (AvgIpc) is 3.02. The van der Waals surface area contributed by atoms with Gasteiger partial charge >= 0.3 is 0 Å². The van der Waals surface area contributed by atoms with Crippen LogP contribution >= 0.6 is 0 Å². The van der Waals surface area contributed by atoms with Crippen molar-refractivity contribution in [3.63, 3.8) is 0 Å². The van der Waals surface area contributed by atoms with Gasteiger partial charge in [-0.05, 0) is 18.6 Å². The maximum atomic E-state index is 11.1. The molecule has 0 bridgehead atoms. The van der Waals surface area contributed by atoms with E-state index in [9.17, 15) is 5.11 Å². The lowest BCUT2D eigenvalue weighted by Gasteiger charge is -2.12. The lowest BCUT2D eigenvalue weighted by atomic mass is 9.95. The van der Waals surface area contributed by atoms with Crippen LogP contribution in [0.25, 0.3) is 22.3 Å². The fourth-order valence-corrected chi connectivity index (χ4v) is 3.06. The number of rotatable bonds is 3. The predicted octanol–water partition coefficient (Wildman–Crippen LogP) is 5.49. The van der Waals surface area contributed by atoms with E-state index in [0.29, 0.717) is 0 Å². The van der Waals surface area contributed by atoms with Crippen molar-refractivity contribution in [2.45, 2.75) is 13.0 Å². The van der Waals surface area contributed by atoms with Crippen molar-refractivity contribution >= 4 is 11.0 Å². The van der Waals surface area contributed by atoms with Crippen LogP contribution < -0.4 is 0 Å². The molecule has 4 aromatic rings. The highest BCUT2D eigenvalue weighted by Gasteiger charge is 2.23. The van der Waals surface area contributed by atoms with Crippen molar-refractivity contribution in [3.8, 4) is 11.3 Å². The van der Waals surface area contributed by atoms with E-state index in [1.54, 1.807) is 0 Å². The molecule has 118 valence electrons. The number of benzene rings is 3. The molecule has 0 aliphatic rings. The van der Waals surface area contributed by atoms with Gasteiger partial charge in [-0.2, -0.15) is 0 Å². The number of aliphatic hydroxyl groups excluding tert-OH is 1. The third kappa shape index (κ3) is 2.51. The van der Waals surface area contributed by atoms with Gasteiger partial charge in [-0.1, -0.05) is 78.4 Å². The number of hydrogen-bond acceptors (Lipinski definition) is 2. The SMILES string of the molecule is Cc1ccc(C(O)c2c(-c3ccccc3)oc3ccccc23)cc1. The molecule has 1 unspecified atom stereocenters. The topological polar surface area (TPSA) is 33.4 Å². The van der Waals surface area contributed by atoms with Crippen LogP contribution in [0.1, 0.15) is 22.8 Å². The van der Waals surface area contributed by atoms with Gasteiger partial charge in [-0.15, -0.1) is 0 Å². The summed E-state index contributed by atoms with van der Waals surface area (Å²) in [6.07, 6.45) is -0.732. The molecule has 0 spiro atoms. The van der Waals surface area contributed by atoms with Crippen molar-refractivity contribution in [1.82, 2.24) is 0 Å². The second-order valence-corrected chi connectivity index (χ2v) is 6.02. The van der Waals surface area contributed by atoms with Crippen molar-refractivity contribution < 1.29 is 9.52 Å². The minimum atomic E-state index is -0.732. The molecule has 1 atom stereocenters. The number of hydrogen-bond donors (Lipinski definition) is 1. The van der Waals surface area contributed by atoms with E-state index in [1.165, 1.54) is 5.56 Å². The van der Waals surface area contributed by atoms with Crippen LogP contribution in [0.15, 0.2) is 83.3 Å². The van der Waals surface area contributed by atoms with E-state index in [1.807, 2.05) is 85.8 Å². The Hall–Kier alpha value is -2.84. The van der Waals surface area contributed by atoms with Crippen molar-refractivity contribution in [2.75, 3.05) is 0 Å². The van der Waals surface area contributed by atoms with E-state index in [0.717, 1.165) is 33.4 Å². The summed E-state index contributed by atoms with van der Waals surface area (Å²) >= 11 is 0. The number of furan rings is 1. The molecule has 4 rings (SSSR count). The van der Waals surface area contributed by atoms with Crippen molar-refractivity contribution in [2.24, 2.45) is 0 Å². The predicted molar refractivity (Wildman–Crippen MR) is 96.9 cm³/mol. The molecule has 0 aliphatic carbocycles. The van der Waals surface area contributed by atoms with E-state index >= 15 is 0 Å². The normalized spacial score (nSPS) is 12.4. The zero-order chi connectivity index (χ0) is 16.5. The Bertz CT molecular complexity index is 966. The maximum Gasteiger partial charge on any atom is 0.141 e. The lowest BCUT2D eigenvalue weighted by molar-refractivity contribution is 0.221. The highest BCUT2D eigenvalue weighted by molar-refractivity contribution is 5.88. The maximum absolute atomic E-state index is 11.1. The molecule has 0 fully saturated rings. The van der Waals surface area contributed by atoms with Crippen LogP contribution in [0, 0.1) is 6.92 Å². The molecule has 0 radical (unpaired) electrons. The largest absolute Gasteiger partial charge is 0.456 e. The second-order valence-electron chi connectivity index (χ2n) is 6.02. The standard InChI is InChI=1S/C22H18O2/c1-15-11-13-16(14-12-15)21(23)20-18-9-5-6-10-19(18)24-22(20)17-7-3-2-4-8-17/h2-14,21,23H,1H3. The Kier molecular flexibility index (Phi) is 3.68. The van der Waals surface area contributed by atoms with Crippen LogP contribution in [-0.4, -0.2) is 5.11 Å². The summed E-state index contributed by atoms with van der Waals surface area (Å²) in [5.74, 6) is 0.727. The molecular formula is C22H18O2. The number of aryl methyl sites for hydroxylation is 1. The Labute approximate surface area is 141 Å². The Balaban J connectivity index is 1.94. The molecule has 1 N–H and O–H groups in total. The molecule has 0 aliphatic heterocycles. The van der Waals surface area contributed by atoms with Gasteiger partial charge < -0.3 is 9.52 Å². The van der Waals surface area contributed by atoms with Gasteiger partial charge in [-0.3, -0.25) is 0 Å². The molecule has 0 saturated carbocycles. The third-order valence-corrected chi connectivity index (χ3v) is 4.34. The number of para-hydroxylation sites is 1. The van der Waals surface area contributed by atoms with Gasteiger partial charge in [0.15, 0.2) is 0 Å². The molecule has 0 saturated heterocycles. The van der Waals surface area contributed by atoms with E-state index < -0.39 is 6.10 Å². The summed E-state index contributed by atoms with van der Waals surface area (Å²) in [5, 5.41) is 12.0. The van der Waals surface area contributed by atoms with Crippen LogP contribution in [0.3, 0.4) is 0 Å². The van der Waals surface area contributed by atoms with Gasteiger partial charge in [0, 0.05) is 16.5 Å². The van der Waals surface area contributed by atoms with Gasteiger partial charge in [0.1, 0.15) is 17.4 Å². The molecule has 1 heterocycles. The monoisotopic (exact) mass is 314 g/mol. The zero-order valence-corrected chi connectivity index (χ0v) is 13.4. The Morgan fingerprint density at radius 1 is 0.792 bits per heavy atom. The molecule has 24 heavy (non-hydrogen) atoms. The van der Waals surface area contributed by atoms with Crippen LogP contribution in [0.4, 0.5) is 0 Å². The van der Waals surface area contributed by atoms with Gasteiger partial charge in [0.2, 0.25) is 0 Å². The molecule has 1 aromatic heterocycles. The molecule has 2 nitrogen and oxygen atoms in total. The fourth-order valence-electron chi connectivity index (χ4n) is 3.06. The van der Waals surface area contributed by atoms with E-state index in [-0.39, 0.29) is 0 Å². The summed E-state index contributed by atoms with van der Waals surface area (Å²) in [6, 6.07) is 25.8. The number of fused-ring (bicyclic) bond motifs is 1. The first-order valence-electron chi connectivity index (χ1n) is 8.05. The summed E-state index contributed by atoms with van der Waals surface area (Å²) < 4.78 is 6.09. The summed E-state index contributed by atoms with van der Waals surface area (Å²) in [6.45, 7) is 2.04. The average molecular weight is 314 g/mol. The summed E-state index contributed by atoms with van der Waals surface area (Å²) in [4.78, 5) is 0. The molecule has 2 heteroatoms. The first-order valence-corrected chi connectivity index (χ1v) is 8.05. The highest BCUT2D eigenvalue weighted by atomic mass is 16.3. The van der Waals surface area contributed by atoms with E-state index in [4.69, 9.17) is 4.42 Å².